The molecule has 0 radical (unpaired) electrons. The number of nitrogens with one attached hydrogen (secondary N) is 3. The van der Waals surface area contributed by atoms with Gasteiger partial charge in [-0.2, -0.15) is 18.2 Å². The largest absolute Gasteiger partial charge is 0.465 e. The van der Waals surface area contributed by atoms with E-state index >= 15 is 0 Å². The van der Waals surface area contributed by atoms with E-state index in [-0.39, 0.29) is 23.3 Å². The van der Waals surface area contributed by atoms with E-state index in [4.69, 9.17) is 5.11 Å². The molecule has 188 valence electrons. The van der Waals surface area contributed by atoms with Crippen molar-refractivity contribution in [3.8, 4) is 0 Å². The number of carboxylic acid groups (broad SMARTS) is 1. The zero-order chi connectivity index (χ0) is 25.4. The number of hydrogen-bond donors (Lipinski definition) is 4. The van der Waals surface area contributed by atoms with Crippen LogP contribution in [-0.2, 0) is 6.18 Å². The summed E-state index contributed by atoms with van der Waals surface area (Å²) in [5.41, 5.74) is 0.263. The van der Waals surface area contributed by atoms with E-state index in [0.29, 0.717) is 48.7 Å². The lowest BCUT2D eigenvalue weighted by Crippen LogP contribution is -2.37. The second-order valence-electron chi connectivity index (χ2n) is 9.74. The summed E-state index contributed by atoms with van der Waals surface area (Å²) in [6.45, 7) is 5.94. The highest BCUT2D eigenvalue weighted by Gasteiger charge is 2.31. The van der Waals surface area contributed by atoms with Gasteiger partial charge in [0.1, 0.15) is 5.52 Å². The summed E-state index contributed by atoms with van der Waals surface area (Å²) in [4.78, 5) is 24.6. The molecule has 1 saturated carbocycles. The maximum absolute atomic E-state index is 13.2. The molecule has 0 bridgehead atoms. The first-order valence-electron chi connectivity index (χ1n) is 11.4. The van der Waals surface area contributed by atoms with Gasteiger partial charge in [-0.15, -0.1) is 0 Å². The molecule has 4 N–H and O–H groups in total. The van der Waals surface area contributed by atoms with Crippen LogP contribution in [-0.4, -0.2) is 42.3 Å². The molecule has 2 heterocycles. The number of benzene rings is 1. The number of nitrogens with zero attached hydrogens (tertiary/aromatic N) is 4. The Balaban J connectivity index is 1.71. The van der Waals surface area contributed by atoms with E-state index in [1.807, 2.05) is 25.3 Å². The number of hydrogen-bond acceptors (Lipinski definition) is 6. The zero-order valence-corrected chi connectivity index (χ0v) is 19.6. The molecule has 1 aliphatic carbocycles. The van der Waals surface area contributed by atoms with Crippen LogP contribution in [0.3, 0.4) is 0 Å². The molecule has 0 unspecified atom stereocenters. The van der Waals surface area contributed by atoms with E-state index < -0.39 is 17.8 Å². The van der Waals surface area contributed by atoms with E-state index in [2.05, 4.69) is 30.9 Å². The minimum absolute atomic E-state index is 0.0717. The third-order valence-electron chi connectivity index (χ3n) is 5.76. The number of aromatic nitrogens is 4. The highest BCUT2D eigenvalue weighted by molar-refractivity contribution is 5.76. The van der Waals surface area contributed by atoms with Crippen molar-refractivity contribution in [2.24, 2.45) is 0 Å². The Bertz CT molecular complexity index is 1210. The number of fused-ring (bicyclic) bond motifs is 1. The van der Waals surface area contributed by atoms with Gasteiger partial charge in [-0.3, -0.25) is 4.57 Å². The van der Waals surface area contributed by atoms with Crippen LogP contribution in [0.15, 0.2) is 30.5 Å². The van der Waals surface area contributed by atoms with Gasteiger partial charge < -0.3 is 21.1 Å². The second-order valence-corrected chi connectivity index (χ2v) is 9.74. The fourth-order valence-electron chi connectivity index (χ4n) is 4.28. The Labute approximate surface area is 200 Å². The molecule has 0 atom stereocenters. The van der Waals surface area contributed by atoms with Gasteiger partial charge in [0.25, 0.3) is 0 Å². The molecule has 0 saturated heterocycles. The highest BCUT2D eigenvalue weighted by atomic mass is 19.4. The van der Waals surface area contributed by atoms with Crippen molar-refractivity contribution < 1.29 is 23.1 Å². The van der Waals surface area contributed by atoms with E-state index in [9.17, 15) is 18.0 Å². The van der Waals surface area contributed by atoms with Crippen molar-refractivity contribution in [2.75, 3.05) is 10.6 Å². The maximum Gasteiger partial charge on any atom is 0.416 e. The molecule has 0 aliphatic heterocycles. The van der Waals surface area contributed by atoms with Crippen LogP contribution < -0.4 is 16.0 Å². The quantitative estimate of drug-likeness (QED) is 0.370. The summed E-state index contributed by atoms with van der Waals surface area (Å²) in [6.07, 6.45) is -1.39. The van der Waals surface area contributed by atoms with Gasteiger partial charge in [0, 0.05) is 23.3 Å². The zero-order valence-electron chi connectivity index (χ0n) is 19.6. The standard InChI is InChI=1S/C23H28F3N7O2/c1-22(2,3)32-19-27-12-17-18(31-19)33(16-9-7-14(8-10-16)29-21(34)35)20(30-17)28-15-6-4-5-13(11-15)23(24,25)26/h4-6,11-12,14,16,29H,7-10H2,1-3H3,(H,28,30)(H,34,35)(H,27,31,32). The SMILES string of the molecule is CC(C)(C)Nc1ncc2nc(Nc3cccc(C(F)(F)F)c3)n(C3CCC(NC(=O)O)CC3)c2n1. The second kappa shape index (κ2) is 9.23. The van der Waals surface area contributed by atoms with Gasteiger partial charge >= 0.3 is 12.3 Å². The first-order chi connectivity index (χ1) is 16.4. The number of halogens is 3. The Morgan fingerprint density at radius 2 is 1.83 bits per heavy atom. The number of alkyl halides is 3. The van der Waals surface area contributed by atoms with Gasteiger partial charge in [0.2, 0.25) is 11.9 Å². The topological polar surface area (TPSA) is 117 Å². The van der Waals surface area contributed by atoms with Crippen LogP contribution in [0.2, 0.25) is 0 Å². The molecule has 4 rings (SSSR count). The van der Waals surface area contributed by atoms with Gasteiger partial charge in [-0.25, -0.2) is 14.8 Å². The average molecular weight is 492 g/mol. The fourth-order valence-corrected chi connectivity index (χ4v) is 4.28. The molecule has 1 amide bonds. The van der Waals surface area contributed by atoms with Crippen molar-refractivity contribution in [1.82, 2.24) is 24.8 Å². The summed E-state index contributed by atoms with van der Waals surface area (Å²) in [7, 11) is 0. The maximum atomic E-state index is 13.2. The van der Waals surface area contributed by atoms with Crippen LogP contribution in [0.25, 0.3) is 11.2 Å². The molecule has 2 aromatic heterocycles. The fraction of sp³-hybridized carbons (Fsp3) is 0.478. The molecule has 1 fully saturated rings. The molecule has 3 aromatic rings. The number of carbonyl (C=O) groups is 1. The van der Waals surface area contributed by atoms with Gasteiger partial charge in [-0.05, 0) is 64.7 Å². The van der Waals surface area contributed by atoms with Crippen molar-refractivity contribution in [3.05, 3.63) is 36.0 Å². The first-order valence-corrected chi connectivity index (χ1v) is 11.4. The molecular formula is C23H28F3N7O2. The Kier molecular flexibility index (Phi) is 6.48. The lowest BCUT2D eigenvalue weighted by atomic mass is 9.91. The van der Waals surface area contributed by atoms with Crippen molar-refractivity contribution >= 4 is 34.8 Å². The van der Waals surface area contributed by atoms with Crippen LogP contribution >= 0.6 is 0 Å². The summed E-state index contributed by atoms with van der Waals surface area (Å²) >= 11 is 0. The minimum atomic E-state index is -4.47. The molecule has 12 heteroatoms. The molecule has 9 nitrogen and oxygen atoms in total. The Hall–Kier alpha value is -3.57. The van der Waals surface area contributed by atoms with E-state index in [1.165, 1.54) is 6.07 Å². The monoisotopic (exact) mass is 491 g/mol. The molecular weight excluding hydrogens is 463 g/mol. The smallest absolute Gasteiger partial charge is 0.416 e. The molecule has 1 aromatic carbocycles. The van der Waals surface area contributed by atoms with Crippen LogP contribution in [0.1, 0.15) is 58.1 Å². The number of imidazole rings is 1. The normalized spacial score (nSPS) is 18.9. The van der Waals surface area contributed by atoms with Crippen LogP contribution in [0, 0.1) is 0 Å². The first kappa shape index (κ1) is 24.6. The van der Waals surface area contributed by atoms with Crippen molar-refractivity contribution in [3.63, 3.8) is 0 Å². The number of anilines is 3. The van der Waals surface area contributed by atoms with Gasteiger partial charge in [0.15, 0.2) is 5.65 Å². The summed E-state index contributed by atoms with van der Waals surface area (Å²) in [6, 6.07) is 4.72. The molecule has 1 aliphatic rings. The molecule has 35 heavy (non-hydrogen) atoms. The Morgan fingerprint density at radius 1 is 1.11 bits per heavy atom. The minimum Gasteiger partial charge on any atom is -0.465 e. The summed E-state index contributed by atoms with van der Waals surface area (Å²) in [5, 5.41) is 17.8. The number of rotatable bonds is 5. The highest BCUT2D eigenvalue weighted by Crippen LogP contribution is 2.36. The van der Waals surface area contributed by atoms with E-state index in [1.54, 1.807) is 12.3 Å². The summed E-state index contributed by atoms with van der Waals surface area (Å²) < 4.78 is 41.6. The van der Waals surface area contributed by atoms with Crippen LogP contribution in [0.4, 0.5) is 35.5 Å². The van der Waals surface area contributed by atoms with Gasteiger partial charge in [-0.1, -0.05) is 6.07 Å². The van der Waals surface area contributed by atoms with Gasteiger partial charge in [0.05, 0.1) is 11.8 Å². The predicted molar refractivity (Wildman–Crippen MR) is 126 cm³/mol. The molecule has 0 spiro atoms. The predicted octanol–water partition coefficient (Wildman–Crippen LogP) is 5.55. The lowest BCUT2D eigenvalue weighted by Gasteiger charge is -2.30. The third kappa shape index (κ3) is 5.92. The Morgan fingerprint density at radius 3 is 2.46 bits per heavy atom. The van der Waals surface area contributed by atoms with Crippen LogP contribution in [0.5, 0.6) is 0 Å². The van der Waals surface area contributed by atoms with E-state index in [0.717, 1.165) is 12.1 Å². The lowest BCUT2D eigenvalue weighted by molar-refractivity contribution is -0.137. The summed E-state index contributed by atoms with van der Waals surface area (Å²) in [5.74, 6) is 0.772. The van der Waals surface area contributed by atoms with Crippen molar-refractivity contribution in [2.45, 2.75) is 70.3 Å². The number of amides is 1. The third-order valence-corrected chi connectivity index (χ3v) is 5.76. The average Bonchev–Trinajstić information content (AvgIpc) is 3.09. The van der Waals surface area contributed by atoms with Crippen molar-refractivity contribution in [1.29, 1.82) is 0 Å².